The zero-order valence-corrected chi connectivity index (χ0v) is 19.9. The Hall–Kier alpha value is -3.17. The van der Waals surface area contributed by atoms with Gasteiger partial charge in [-0.3, -0.25) is 9.59 Å². The van der Waals surface area contributed by atoms with Crippen molar-refractivity contribution in [2.45, 2.75) is 49.9 Å². The molecule has 1 aliphatic heterocycles. The summed E-state index contributed by atoms with van der Waals surface area (Å²) in [6.45, 7) is 0.149. The minimum Gasteiger partial charge on any atom is -0.378 e. The molecule has 188 valence electrons. The van der Waals surface area contributed by atoms with E-state index >= 15 is 0 Å². The summed E-state index contributed by atoms with van der Waals surface area (Å²) in [5.74, 6) is -0.194. The van der Waals surface area contributed by atoms with Crippen LogP contribution in [0.25, 0.3) is 0 Å². The van der Waals surface area contributed by atoms with Crippen LogP contribution in [0.15, 0.2) is 53.3 Å². The van der Waals surface area contributed by atoms with Gasteiger partial charge in [0, 0.05) is 11.6 Å². The first kappa shape index (κ1) is 24.5. The molecule has 0 bridgehead atoms. The van der Waals surface area contributed by atoms with Crippen LogP contribution in [0, 0.1) is 0 Å². The van der Waals surface area contributed by atoms with Gasteiger partial charge in [-0.05, 0) is 61.1 Å². The summed E-state index contributed by atoms with van der Waals surface area (Å²) in [4.78, 5) is 35.1. The molecule has 0 radical (unpaired) electrons. The van der Waals surface area contributed by atoms with Crippen molar-refractivity contribution in [2.75, 3.05) is 6.54 Å². The number of H-pyrrole nitrogens is 1. The Morgan fingerprint density at radius 1 is 1.17 bits per heavy atom. The Balaban J connectivity index is 1.41. The van der Waals surface area contributed by atoms with Gasteiger partial charge in [0.05, 0.1) is 28.8 Å². The molecule has 2 heterocycles. The maximum absolute atomic E-state index is 13.1. The summed E-state index contributed by atoms with van der Waals surface area (Å²) in [7, 11) is 0. The predicted molar refractivity (Wildman–Crippen MR) is 126 cm³/mol. The van der Waals surface area contributed by atoms with Crippen LogP contribution < -0.4 is 5.56 Å². The first-order valence-corrected chi connectivity index (χ1v) is 12.0. The van der Waals surface area contributed by atoms with Crippen molar-refractivity contribution in [3.05, 3.63) is 97.7 Å². The number of halogens is 4. The number of aliphatic hydroxyl groups excluding tert-OH is 1. The summed E-state index contributed by atoms with van der Waals surface area (Å²) in [6.07, 6.45) is -3.78. The lowest BCUT2D eigenvalue weighted by atomic mass is 9.94. The molecule has 2 aliphatic rings. The van der Waals surface area contributed by atoms with Gasteiger partial charge in [0.25, 0.3) is 11.5 Å². The normalized spacial score (nSPS) is 17.8. The lowest BCUT2D eigenvalue weighted by Gasteiger charge is -2.24. The van der Waals surface area contributed by atoms with E-state index in [1.165, 1.54) is 11.0 Å². The van der Waals surface area contributed by atoms with Crippen LogP contribution in [0.4, 0.5) is 13.2 Å². The lowest BCUT2D eigenvalue weighted by Crippen LogP contribution is -2.36. The SMILES string of the molecule is O=C([C@H](O)c1cccc(C(F)(F)F)c1)N1CCCc2nc(C3(c4cccc(Cl)c4)CC3)[nH]c(=O)c2C1. The molecule has 0 saturated heterocycles. The number of alkyl halides is 3. The summed E-state index contributed by atoms with van der Waals surface area (Å²) >= 11 is 6.17. The molecule has 2 aromatic carbocycles. The number of carbonyl (C=O) groups excluding carboxylic acids is 1. The van der Waals surface area contributed by atoms with E-state index in [1.54, 1.807) is 6.07 Å². The molecule has 1 amide bonds. The number of nitrogens with one attached hydrogen (secondary N) is 1. The topological polar surface area (TPSA) is 86.3 Å². The van der Waals surface area contributed by atoms with E-state index in [0.717, 1.165) is 36.6 Å². The largest absolute Gasteiger partial charge is 0.416 e. The van der Waals surface area contributed by atoms with Gasteiger partial charge in [-0.2, -0.15) is 13.2 Å². The van der Waals surface area contributed by atoms with E-state index in [0.29, 0.717) is 34.9 Å². The van der Waals surface area contributed by atoms with Crippen molar-refractivity contribution < 1.29 is 23.1 Å². The number of aromatic nitrogens is 2. The van der Waals surface area contributed by atoms with Gasteiger partial charge in [0.1, 0.15) is 5.82 Å². The first-order chi connectivity index (χ1) is 17.1. The molecule has 5 rings (SSSR count). The van der Waals surface area contributed by atoms with Crippen LogP contribution in [0.3, 0.4) is 0 Å². The van der Waals surface area contributed by atoms with Gasteiger partial charge in [-0.15, -0.1) is 0 Å². The van der Waals surface area contributed by atoms with Crippen LogP contribution in [0.5, 0.6) is 0 Å². The average molecular weight is 518 g/mol. The second kappa shape index (κ2) is 9.05. The number of hydrogen-bond donors (Lipinski definition) is 2. The van der Waals surface area contributed by atoms with Crippen molar-refractivity contribution in [3.8, 4) is 0 Å². The smallest absolute Gasteiger partial charge is 0.378 e. The highest BCUT2D eigenvalue weighted by atomic mass is 35.5. The van der Waals surface area contributed by atoms with Crippen molar-refractivity contribution >= 4 is 17.5 Å². The number of fused-ring (bicyclic) bond motifs is 1. The third kappa shape index (κ3) is 4.53. The van der Waals surface area contributed by atoms with Gasteiger partial charge in [-0.1, -0.05) is 35.9 Å². The molecule has 36 heavy (non-hydrogen) atoms. The Morgan fingerprint density at radius 2 is 1.92 bits per heavy atom. The number of rotatable bonds is 4. The fourth-order valence-electron chi connectivity index (χ4n) is 4.81. The van der Waals surface area contributed by atoms with Crippen LogP contribution in [0.1, 0.15) is 59.1 Å². The average Bonchev–Trinajstić information content (AvgIpc) is 3.67. The van der Waals surface area contributed by atoms with E-state index in [4.69, 9.17) is 16.6 Å². The fraction of sp³-hybridized carbons (Fsp3) is 0.346. The lowest BCUT2D eigenvalue weighted by molar-refractivity contribution is -0.142. The number of aliphatic hydroxyl groups is 1. The van der Waals surface area contributed by atoms with Crippen molar-refractivity contribution in [3.63, 3.8) is 0 Å². The maximum Gasteiger partial charge on any atom is 0.416 e. The molecule has 1 aliphatic carbocycles. The summed E-state index contributed by atoms with van der Waals surface area (Å²) in [6, 6.07) is 11.5. The molecular weight excluding hydrogens is 495 g/mol. The number of aryl methyl sites for hydroxylation is 1. The Kier molecular flexibility index (Phi) is 6.16. The molecule has 0 spiro atoms. The summed E-state index contributed by atoms with van der Waals surface area (Å²) in [5.41, 5.74) is 0.0207. The monoisotopic (exact) mass is 517 g/mol. The van der Waals surface area contributed by atoms with E-state index in [1.807, 2.05) is 18.2 Å². The van der Waals surface area contributed by atoms with E-state index in [-0.39, 0.29) is 24.2 Å². The molecule has 6 nitrogen and oxygen atoms in total. The molecule has 2 N–H and O–H groups in total. The molecular formula is C26H23ClF3N3O3. The third-order valence-electron chi connectivity index (χ3n) is 6.95. The maximum atomic E-state index is 13.1. The van der Waals surface area contributed by atoms with E-state index in [2.05, 4.69) is 4.98 Å². The molecule has 1 aromatic heterocycles. The Morgan fingerprint density at radius 3 is 2.61 bits per heavy atom. The quantitative estimate of drug-likeness (QED) is 0.532. The highest BCUT2D eigenvalue weighted by molar-refractivity contribution is 6.30. The standard InChI is InChI=1S/C26H23ClF3N3O3/c27-18-7-2-5-16(13-18)25(9-10-25)24-31-20-8-3-11-33(14-19(20)22(35)32-24)23(36)21(34)15-4-1-6-17(12-15)26(28,29)30/h1-2,4-7,12-13,21,34H,3,8-11,14H2,(H,31,32,35)/t21-/m1/s1. The summed E-state index contributed by atoms with van der Waals surface area (Å²) < 4.78 is 39.2. The minimum atomic E-state index is -4.60. The molecule has 3 aromatic rings. The number of aromatic amines is 1. The second-order valence-electron chi connectivity index (χ2n) is 9.32. The van der Waals surface area contributed by atoms with Crippen LogP contribution in [0.2, 0.25) is 5.02 Å². The number of hydrogen-bond acceptors (Lipinski definition) is 4. The molecule has 0 unspecified atom stereocenters. The van der Waals surface area contributed by atoms with E-state index in [9.17, 15) is 27.9 Å². The molecule has 1 fully saturated rings. The fourth-order valence-corrected chi connectivity index (χ4v) is 5.00. The number of carbonyl (C=O) groups is 1. The number of nitrogens with zero attached hydrogens (tertiary/aromatic N) is 2. The van der Waals surface area contributed by atoms with Gasteiger partial charge in [0.2, 0.25) is 0 Å². The minimum absolute atomic E-state index is 0.0863. The highest BCUT2D eigenvalue weighted by Crippen LogP contribution is 2.52. The van der Waals surface area contributed by atoms with Gasteiger partial charge < -0.3 is 15.0 Å². The molecule has 1 atom stereocenters. The zero-order valence-electron chi connectivity index (χ0n) is 19.1. The van der Waals surface area contributed by atoms with Gasteiger partial charge in [-0.25, -0.2) is 4.98 Å². The Labute approximate surface area is 209 Å². The van der Waals surface area contributed by atoms with E-state index < -0.39 is 29.2 Å². The van der Waals surface area contributed by atoms with Gasteiger partial charge >= 0.3 is 6.18 Å². The van der Waals surface area contributed by atoms with Crippen molar-refractivity contribution in [2.24, 2.45) is 0 Å². The third-order valence-corrected chi connectivity index (χ3v) is 7.18. The van der Waals surface area contributed by atoms with Crippen molar-refractivity contribution in [1.29, 1.82) is 0 Å². The summed E-state index contributed by atoms with van der Waals surface area (Å²) in [5, 5.41) is 11.2. The van der Waals surface area contributed by atoms with Crippen LogP contribution in [-0.4, -0.2) is 32.4 Å². The number of benzene rings is 2. The first-order valence-electron chi connectivity index (χ1n) is 11.6. The van der Waals surface area contributed by atoms with Crippen molar-refractivity contribution in [1.82, 2.24) is 14.9 Å². The second-order valence-corrected chi connectivity index (χ2v) is 9.76. The van der Waals surface area contributed by atoms with Crippen LogP contribution in [-0.2, 0) is 29.4 Å². The predicted octanol–water partition coefficient (Wildman–Crippen LogP) is 4.53. The van der Waals surface area contributed by atoms with Gasteiger partial charge in [0.15, 0.2) is 6.10 Å². The van der Waals surface area contributed by atoms with Crippen LogP contribution >= 0.6 is 11.6 Å². The number of amides is 1. The highest BCUT2D eigenvalue weighted by Gasteiger charge is 2.49. The molecule has 10 heteroatoms. The zero-order chi connectivity index (χ0) is 25.7. The molecule has 1 saturated carbocycles. The Bertz CT molecular complexity index is 1380.